The van der Waals surface area contributed by atoms with E-state index in [4.69, 9.17) is 9.97 Å². The average molecular weight is 752 g/mol. The van der Waals surface area contributed by atoms with Gasteiger partial charge in [-0.1, -0.05) is 146 Å². The lowest BCUT2D eigenvalue weighted by atomic mass is 9.90. The second-order valence-corrected chi connectivity index (χ2v) is 15.4. The fourth-order valence-electron chi connectivity index (χ4n) is 9.74. The first-order valence-corrected chi connectivity index (χ1v) is 20.1. The number of para-hydroxylation sites is 5. The Hall–Kier alpha value is -8.02. The van der Waals surface area contributed by atoms with Crippen LogP contribution in [0.3, 0.4) is 0 Å². The number of aromatic nitrogens is 3. The minimum atomic E-state index is 0.649. The van der Waals surface area contributed by atoms with Crippen LogP contribution in [0.25, 0.3) is 82.9 Å². The molecule has 9 aromatic carbocycles. The van der Waals surface area contributed by atoms with Crippen LogP contribution >= 0.6 is 0 Å². The molecule has 0 saturated carbocycles. The van der Waals surface area contributed by atoms with Crippen molar-refractivity contribution in [3.05, 3.63) is 200 Å². The molecule has 11 aromatic rings. The van der Waals surface area contributed by atoms with Gasteiger partial charge in [0.25, 0.3) is 0 Å². The molecule has 5 heteroatoms. The summed E-state index contributed by atoms with van der Waals surface area (Å²) in [5, 5.41) is 5.77. The number of hydrogen-bond acceptors (Lipinski definition) is 4. The van der Waals surface area contributed by atoms with Crippen LogP contribution in [0, 0.1) is 0 Å². The van der Waals surface area contributed by atoms with Crippen molar-refractivity contribution in [2.75, 3.05) is 9.80 Å². The Bertz CT molecular complexity index is 3520. The normalized spacial score (nSPS) is 12.7. The van der Waals surface area contributed by atoms with Crippen LogP contribution < -0.4 is 9.80 Å². The largest absolute Gasteiger partial charge is 0.306 e. The third-order valence-corrected chi connectivity index (χ3v) is 12.2. The van der Waals surface area contributed by atoms with E-state index in [1.807, 2.05) is 6.07 Å². The van der Waals surface area contributed by atoms with Gasteiger partial charge in [0.05, 0.1) is 50.7 Å². The van der Waals surface area contributed by atoms with Gasteiger partial charge in [-0.3, -0.25) is 4.57 Å². The van der Waals surface area contributed by atoms with Crippen LogP contribution in [-0.2, 0) is 0 Å². The van der Waals surface area contributed by atoms with E-state index < -0.39 is 0 Å². The summed E-state index contributed by atoms with van der Waals surface area (Å²) >= 11 is 0. The maximum atomic E-state index is 5.40. The fraction of sp³-hybridized carbons (Fsp3) is 0. The fourth-order valence-corrected chi connectivity index (χ4v) is 9.74. The molecule has 2 aliphatic heterocycles. The summed E-state index contributed by atoms with van der Waals surface area (Å²) in [6.07, 6.45) is 0. The number of benzene rings is 9. The van der Waals surface area contributed by atoms with Gasteiger partial charge in [0.2, 0.25) is 5.95 Å². The van der Waals surface area contributed by atoms with Crippen molar-refractivity contribution in [1.29, 1.82) is 0 Å². The van der Waals surface area contributed by atoms with Gasteiger partial charge in [-0.15, -0.1) is 0 Å². The number of nitrogens with zero attached hydrogens (tertiary/aromatic N) is 5. The first-order chi connectivity index (χ1) is 29.3. The zero-order valence-electron chi connectivity index (χ0n) is 31.8. The average Bonchev–Trinajstić information content (AvgIpc) is 3.58. The summed E-state index contributed by atoms with van der Waals surface area (Å²) < 4.78 is 2.27. The van der Waals surface area contributed by atoms with E-state index >= 15 is 0 Å². The van der Waals surface area contributed by atoms with Gasteiger partial charge >= 0.3 is 0 Å². The van der Waals surface area contributed by atoms with Crippen molar-refractivity contribution < 1.29 is 0 Å². The highest BCUT2D eigenvalue weighted by atomic mass is 15.3. The molecule has 0 amide bonds. The first kappa shape index (κ1) is 32.1. The topological polar surface area (TPSA) is 37.2 Å². The van der Waals surface area contributed by atoms with Crippen LogP contribution in [0.2, 0.25) is 0 Å². The second kappa shape index (κ2) is 12.2. The van der Waals surface area contributed by atoms with Crippen LogP contribution in [0.4, 0.5) is 34.1 Å². The lowest BCUT2D eigenvalue weighted by Crippen LogP contribution is -2.24. The molecular formula is C54H33N5. The van der Waals surface area contributed by atoms with E-state index in [1.54, 1.807) is 0 Å². The lowest BCUT2D eigenvalue weighted by Gasteiger charge is -2.41. The first-order valence-electron chi connectivity index (χ1n) is 20.1. The number of hydrogen-bond donors (Lipinski definition) is 0. The Morgan fingerprint density at radius 2 is 1.03 bits per heavy atom. The lowest BCUT2D eigenvalue weighted by molar-refractivity contribution is 1.01. The molecule has 5 nitrogen and oxygen atoms in total. The van der Waals surface area contributed by atoms with Crippen molar-refractivity contribution in [3.8, 4) is 39.5 Å². The summed E-state index contributed by atoms with van der Waals surface area (Å²) in [5.74, 6) is 0.649. The second-order valence-electron chi connectivity index (χ2n) is 15.4. The van der Waals surface area contributed by atoms with Crippen molar-refractivity contribution in [2.24, 2.45) is 0 Å². The highest BCUT2D eigenvalue weighted by Crippen LogP contribution is 2.62. The van der Waals surface area contributed by atoms with Crippen molar-refractivity contribution in [3.63, 3.8) is 0 Å². The Morgan fingerprint density at radius 3 is 1.86 bits per heavy atom. The Balaban J connectivity index is 1.17. The number of rotatable bonds is 3. The zero-order chi connectivity index (χ0) is 38.6. The molecular weight excluding hydrogens is 719 g/mol. The number of anilines is 6. The standard InChI is InChI=1S/C54H33N5/c1-3-16-34(17-4-1)52-40-23-9-12-26-43(40)55-54(56-52)59-45-28-14-11-24-41(45)51-46(59)31-30-39-38-22-10-13-27-44(38)58-49-33-36-19-8-7-18-35(36)32-48(49)57(37-20-5-2-6-21-37)47-29-15-25-42(50(39)51)53(47)58/h1-33H. The smallest absolute Gasteiger partial charge is 0.235 e. The molecule has 59 heavy (non-hydrogen) atoms. The highest BCUT2D eigenvalue weighted by Gasteiger charge is 2.37. The Morgan fingerprint density at radius 1 is 0.390 bits per heavy atom. The van der Waals surface area contributed by atoms with Crippen LogP contribution in [0.15, 0.2) is 200 Å². The molecule has 0 spiro atoms. The summed E-state index contributed by atoms with van der Waals surface area (Å²) in [4.78, 5) is 15.7. The minimum absolute atomic E-state index is 0.649. The maximum absolute atomic E-state index is 5.40. The van der Waals surface area contributed by atoms with Gasteiger partial charge in [-0.05, 0) is 70.9 Å². The van der Waals surface area contributed by atoms with Crippen molar-refractivity contribution in [2.45, 2.75) is 0 Å². The van der Waals surface area contributed by atoms with E-state index in [0.29, 0.717) is 5.95 Å². The van der Waals surface area contributed by atoms with Gasteiger partial charge in [-0.25, -0.2) is 9.97 Å². The Labute approximate surface area is 340 Å². The van der Waals surface area contributed by atoms with Gasteiger partial charge in [0.1, 0.15) is 0 Å². The summed E-state index contributed by atoms with van der Waals surface area (Å²) in [6, 6.07) is 72.0. The van der Waals surface area contributed by atoms with E-state index in [-0.39, 0.29) is 0 Å². The van der Waals surface area contributed by atoms with Crippen LogP contribution in [0.1, 0.15) is 0 Å². The SMILES string of the molecule is c1ccc(-c2nc(-n3c4ccccc4c4c5c(ccc43)-c3ccccc3N3c4cc6ccccc6cc4N(c4ccccc4)c4cccc-5c43)nc3ccccc23)cc1. The molecule has 2 aliphatic rings. The van der Waals surface area contributed by atoms with Crippen LogP contribution in [-0.4, -0.2) is 14.5 Å². The Kier molecular flexibility index (Phi) is 6.66. The van der Waals surface area contributed by atoms with Crippen molar-refractivity contribution in [1.82, 2.24) is 14.5 Å². The summed E-state index contributed by atoms with van der Waals surface area (Å²) in [7, 11) is 0. The molecule has 0 saturated heterocycles. The molecule has 13 rings (SSSR count). The van der Waals surface area contributed by atoms with E-state index in [1.165, 1.54) is 38.4 Å². The predicted molar refractivity (Wildman–Crippen MR) is 244 cm³/mol. The summed E-state index contributed by atoms with van der Waals surface area (Å²) in [6.45, 7) is 0. The predicted octanol–water partition coefficient (Wildman–Crippen LogP) is 14.4. The molecule has 4 heterocycles. The quantitative estimate of drug-likeness (QED) is 0.180. The minimum Gasteiger partial charge on any atom is -0.306 e. The maximum Gasteiger partial charge on any atom is 0.235 e. The molecule has 2 aromatic heterocycles. The van der Waals surface area contributed by atoms with Gasteiger partial charge < -0.3 is 9.80 Å². The van der Waals surface area contributed by atoms with Gasteiger partial charge in [0, 0.05) is 44.1 Å². The monoisotopic (exact) mass is 751 g/mol. The molecule has 0 atom stereocenters. The molecule has 0 bridgehead atoms. The zero-order valence-corrected chi connectivity index (χ0v) is 31.8. The molecule has 0 fully saturated rings. The van der Waals surface area contributed by atoms with Gasteiger partial charge in [0.15, 0.2) is 0 Å². The van der Waals surface area contributed by atoms with Crippen molar-refractivity contribution >= 4 is 77.6 Å². The third-order valence-electron chi connectivity index (χ3n) is 12.2. The third kappa shape index (κ3) is 4.55. The van der Waals surface area contributed by atoms with E-state index in [2.05, 4.69) is 208 Å². The molecule has 274 valence electrons. The van der Waals surface area contributed by atoms with E-state index in [9.17, 15) is 0 Å². The van der Waals surface area contributed by atoms with Crippen LogP contribution in [0.5, 0.6) is 0 Å². The molecule has 0 radical (unpaired) electrons. The molecule has 0 N–H and O–H groups in total. The van der Waals surface area contributed by atoms with Gasteiger partial charge in [-0.2, -0.15) is 0 Å². The summed E-state index contributed by atoms with van der Waals surface area (Å²) in [5.41, 5.74) is 16.6. The molecule has 0 unspecified atom stereocenters. The highest BCUT2D eigenvalue weighted by molar-refractivity contribution is 6.23. The number of fused-ring (bicyclic) bond motifs is 13. The van der Waals surface area contributed by atoms with E-state index in [0.717, 1.165) is 72.7 Å². The molecule has 0 aliphatic carbocycles.